The molecule has 0 amide bonds. The maximum absolute atomic E-state index is 11.7. The lowest BCUT2D eigenvalue weighted by molar-refractivity contribution is -0.129. The Labute approximate surface area is 327 Å². The number of nitrogens with zero attached hydrogens (tertiary/aromatic N) is 2. The third kappa shape index (κ3) is 9.69. The number of anilines is 6. The molecule has 6 rings (SSSR count). The SMILES string of the molecule is C=CC(=O)Oc1ccc(N(c2ccc(C=C)cc2)c2ccc(OCCOc3ccc(N(c4ccc(C=C)cc4)c4ccc(OC(=O)C=C)cc4)cc3)cc2)cc1. The van der Waals surface area contributed by atoms with Gasteiger partial charge in [-0.25, -0.2) is 9.59 Å². The minimum atomic E-state index is -0.516. The minimum absolute atomic E-state index is 0.337. The van der Waals surface area contributed by atoms with Crippen LogP contribution in [0.1, 0.15) is 11.1 Å². The third-order valence-corrected chi connectivity index (χ3v) is 8.54. The molecular formula is C48H40N2O6. The summed E-state index contributed by atoms with van der Waals surface area (Å²) in [6.07, 6.45) is 5.86. The molecule has 0 heterocycles. The standard InChI is InChI=1S/C48H40N2O6/c1-5-35-9-13-37(14-10-35)49(41-21-29-45(30-22-41)55-47(51)7-3)39-17-25-43(26-18-39)53-33-34-54-44-27-19-40(20-28-44)50(38-15-11-36(6-2)12-16-38)42-23-31-46(32-24-42)56-48(52)8-4/h5-32H,1-4,33-34H2. The maximum Gasteiger partial charge on any atom is 0.335 e. The average Bonchev–Trinajstić information content (AvgIpc) is 3.25. The first kappa shape index (κ1) is 38.2. The molecule has 56 heavy (non-hydrogen) atoms. The number of hydrogen-bond donors (Lipinski definition) is 0. The molecular weight excluding hydrogens is 701 g/mol. The molecule has 0 fully saturated rings. The van der Waals surface area contributed by atoms with E-state index < -0.39 is 11.9 Å². The fourth-order valence-electron chi connectivity index (χ4n) is 5.76. The van der Waals surface area contributed by atoms with E-state index in [1.54, 1.807) is 36.4 Å². The van der Waals surface area contributed by atoms with E-state index in [1.807, 2.05) is 121 Å². The third-order valence-electron chi connectivity index (χ3n) is 8.54. The molecule has 8 heteroatoms. The van der Waals surface area contributed by atoms with Crippen molar-refractivity contribution in [2.45, 2.75) is 0 Å². The Morgan fingerprint density at radius 3 is 0.893 bits per heavy atom. The molecule has 0 saturated heterocycles. The lowest BCUT2D eigenvalue weighted by Gasteiger charge is -2.26. The highest BCUT2D eigenvalue weighted by Gasteiger charge is 2.15. The number of rotatable bonds is 17. The van der Waals surface area contributed by atoms with Crippen molar-refractivity contribution >= 4 is 58.2 Å². The Hall–Kier alpha value is -7.58. The molecule has 6 aromatic rings. The summed E-state index contributed by atoms with van der Waals surface area (Å²) in [5.41, 5.74) is 7.48. The molecule has 8 nitrogen and oxygen atoms in total. The first-order valence-electron chi connectivity index (χ1n) is 17.8. The Kier molecular flexibility index (Phi) is 12.6. The van der Waals surface area contributed by atoms with Crippen molar-refractivity contribution in [3.63, 3.8) is 0 Å². The molecule has 0 aliphatic rings. The van der Waals surface area contributed by atoms with Gasteiger partial charge in [0.15, 0.2) is 0 Å². The van der Waals surface area contributed by atoms with Crippen LogP contribution in [-0.4, -0.2) is 25.2 Å². The van der Waals surface area contributed by atoms with Crippen LogP contribution in [0.2, 0.25) is 0 Å². The highest BCUT2D eigenvalue weighted by molar-refractivity contribution is 5.84. The van der Waals surface area contributed by atoms with Gasteiger partial charge in [0.2, 0.25) is 0 Å². The summed E-state index contributed by atoms with van der Waals surface area (Å²) in [5.74, 6) is 1.22. The number of esters is 2. The topological polar surface area (TPSA) is 77.5 Å². The molecule has 0 aliphatic heterocycles. The fraction of sp³-hybridized carbons (Fsp3) is 0.0417. The zero-order valence-electron chi connectivity index (χ0n) is 30.8. The molecule has 0 unspecified atom stereocenters. The van der Waals surface area contributed by atoms with Gasteiger partial charge in [-0.05, 0) is 132 Å². The molecule has 0 atom stereocenters. The lowest BCUT2D eigenvalue weighted by Crippen LogP contribution is -2.11. The van der Waals surface area contributed by atoms with Crippen LogP contribution in [0.5, 0.6) is 23.0 Å². The van der Waals surface area contributed by atoms with Gasteiger partial charge >= 0.3 is 11.9 Å². The van der Waals surface area contributed by atoms with Crippen LogP contribution < -0.4 is 28.7 Å². The minimum Gasteiger partial charge on any atom is -0.490 e. The zero-order valence-corrected chi connectivity index (χ0v) is 30.8. The quantitative estimate of drug-likeness (QED) is 0.0396. The predicted octanol–water partition coefficient (Wildman–Crippen LogP) is 11.6. The van der Waals surface area contributed by atoms with Gasteiger partial charge in [-0.1, -0.05) is 62.7 Å². The highest BCUT2D eigenvalue weighted by Crippen LogP contribution is 2.38. The Balaban J connectivity index is 1.10. The second-order valence-electron chi connectivity index (χ2n) is 12.2. The van der Waals surface area contributed by atoms with E-state index in [4.69, 9.17) is 18.9 Å². The van der Waals surface area contributed by atoms with E-state index in [0.717, 1.165) is 57.4 Å². The molecule has 0 radical (unpaired) electrons. The van der Waals surface area contributed by atoms with E-state index >= 15 is 0 Å². The van der Waals surface area contributed by atoms with Gasteiger partial charge < -0.3 is 28.7 Å². The van der Waals surface area contributed by atoms with E-state index in [-0.39, 0.29) is 0 Å². The number of hydrogen-bond acceptors (Lipinski definition) is 8. The second-order valence-corrected chi connectivity index (χ2v) is 12.2. The largest absolute Gasteiger partial charge is 0.490 e. The van der Waals surface area contributed by atoms with Gasteiger partial charge in [-0.2, -0.15) is 0 Å². The van der Waals surface area contributed by atoms with Gasteiger partial charge in [0, 0.05) is 46.3 Å². The van der Waals surface area contributed by atoms with Gasteiger partial charge in [0.1, 0.15) is 36.2 Å². The molecule has 0 N–H and O–H groups in total. The van der Waals surface area contributed by atoms with Crippen molar-refractivity contribution in [1.29, 1.82) is 0 Å². The summed E-state index contributed by atoms with van der Waals surface area (Å²) >= 11 is 0. The summed E-state index contributed by atoms with van der Waals surface area (Å²) in [7, 11) is 0. The van der Waals surface area contributed by atoms with Gasteiger partial charge in [0.05, 0.1) is 0 Å². The number of carbonyl (C=O) groups is 2. The summed E-state index contributed by atoms with van der Waals surface area (Å²) < 4.78 is 22.6. The van der Waals surface area contributed by atoms with E-state index in [0.29, 0.717) is 36.2 Å². The maximum atomic E-state index is 11.7. The Bertz CT molecular complexity index is 2110. The van der Waals surface area contributed by atoms with E-state index in [9.17, 15) is 9.59 Å². The number of carbonyl (C=O) groups excluding carboxylic acids is 2. The van der Waals surface area contributed by atoms with Gasteiger partial charge in [0.25, 0.3) is 0 Å². The summed E-state index contributed by atoms with van der Waals surface area (Å²) in [4.78, 5) is 27.6. The van der Waals surface area contributed by atoms with Crippen molar-refractivity contribution in [3.05, 3.63) is 195 Å². The van der Waals surface area contributed by atoms with E-state index in [1.165, 1.54) is 0 Å². The average molecular weight is 741 g/mol. The summed E-state index contributed by atoms with van der Waals surface area (Å²) in [5, 5.41) is 0. The first-order valence-corrected chi connectivity index (χ1v) is 17.8. The monoisotopic (exact) mass is 740 g/mol. The van der Waals surface area contributed by atoms with Crippen molar-refractivity contribution in [1.82, 2.24) is 0 Å². The molecule has 0 bridgehead atoms. The van der Waals surface area contributed by atoms with Crippen molar-refractivity contribution in [3.8, 4) is 23.0 Å². The van der Waals surface area contributed by atoms with Crippen LogP contribution >= 0.6 is 0 Å². The van der Waals surface area contributed by atoms with Crippen LogP contribution in [0.3, 0.4) is 0 Å². The zero-order chi connectivity index (χ0) is 39.3. The summed E-state index contributed by atoms with van der Waals surface area (Å²) in [6.45, 7) is 15.3. The van der Waals surface area contributed by atoms with Crippen LogP contribution in [0.25, 0.3) is 12.2 Å². The predicted molar refractivity (Wildman–Crippen MR) is 225 cm³/mol. The molecule has 278 valence electrons. The van der Waals surface area contributed by atoms with Crippen molar-refractivity contribution in [2.75, 3.05) is 23.0 Å². The normalized spacial score (nSPS) is 10.4. The fourth-order valence-corrected chi connectivity index (χ4v) is 5.76. The number of ether oxygens (including phenoxy) is 4. The van der Waals surface area contributed by atoms with Gasteiger partial charge in [-0.3, -0.25) is 0 Å². The van der Waals surface area contributed by atoms with Crippen LogP contribution in [0.4, 0.5) is 34.1 Å². The second kappa shape index (κ2) is 18.4. The smallest absolute Gasteiger partial charge is 0.335 e. The van der Waals surface area contributed by atoms with Gasteiger partial charge in [-0.15, -0.1) is 0 Å². The highest BCUT2D eigenvalue weighted by atomic mass is 16.5. The van der Waals surface area contributed by atoms with Crippen LogP contribution in [0, 0.1) is 0 Å². The molecule has 0 spiro atoms. The molecule has 6 aromatic carbocycles. The molecule has 0 aliphatic carbocycles. The van der Waals surface area contributed by atoms with Crippen molar-refractivity contribution < 1.29 is 28.5 Å². The first-order chi connectivity index (χ1) is 27.4. The Morgan fingerprint density at radius 2 is 0.643 bits per heavy atom. The van der Waals surface area contributed by atoms with Crippen LogP contribution in [-0.2, 0) is 9.59 Å². The van der Waals surface area contributed by atoms with Crippen molar-refractivity contribution in [2.24, 2.45) is 0 Å². The summed E-state index contributed by atoms with van der Waals surface area (Å²) in [6, 6.07) is 46.3. The molecule has 0 saturated carbocycles. The molecule has 0 aromatic heterocycles. The lowest BCUT2D eigenvalue weighted by atomic mass is 10.1. The van der Waals surface area contributed by atoms with E-state index in [2.05, 4.69) is 36.1 Å². The Morgan fingerprint density at radius 1 is 0.393 bits per heavy atom. The number of benzene rings is 6. The van der Waals surface area contributed by atoms with Crippen LogP contribution in [0.15, 0.2) is 184 Å².